The number of aromatic nitrogens is 1. The molecule has 0 aliphatic carbocycles. The zero-order valence-electron chi connectivity index (χ0n) is 14.4. The highest BCUT2D eigenvalue weighted by atomic mass is 32.1. The van der Waals surface area contributed by atoms with Crippen LogP contribution in [0.5, 0.6) is 0 Å². The number of thiophene rings is 1. The normalized spacial score (nSPS) is 11.7. The van der Waals surface area contributed by atoms with Crippen LogP contribution in [0.15, 0.2) is 24.3 Å². The zero-order valence-corrected chi connectivity index (χ0v) is 16.9. The van der Waals surface area contributed by atoms with Gasteiger partial charge in [0.25, 0.3) is 0 Å². The van der Waals surface area contributed by atoms with Crippen molar-refractivity contribution in [3.63, 3.8) is 0 Å². The summed E-state index contributed by atoms with van der Waals surface area (Å²) in [5, 5.41) is 1.00. The number of thiocarbonyl (C=S) groups is 1. The predicted molar refractivity (Wildman–Crippen MR) is 104 cm³/mol. The lowest BCUT2D eigenvalue weighted by Gasteiger charge is -2.08. The van der Waals surface area contributed by atoms with Crippen molar-refractivity contribution in [3.8, 4) is 21.8 Å². The first-order valence-electron chi connectivity index (χ1n) is 7.65. The van der Waals surface area contributed by atoms with Gasteiger partial charge in [-0.15, -0.1) is 22.7 Å². The minimum atomic E-state index is -4.63. The maximum atomic E-state index is 13.7. The second kappa shape index (κ2) is 7.29. The van der Waals surface area contributed by atoms with Crippen molar-refractivity contribution in [1.82, 2.24) is 4.98 Å². The molecular weight excluding hydrogens is 418 g/mol. The third-order valence-corrected chi connectivity index (χ3v) is 6.40. The lowest BCUT2D eigenvalue weighted by Crippen LogP contribution is -2.05. The highest BCUT2D eigenvalue weighted by molar-refractivity contribution is 7.80. The third kappa shape index (κ3) is 4.04. The van der Waals surface area contributed by atoms with Crippen LogP contribution < -0.4 is 0 Å². The Morgan fingerprint density at radius 1 is 1.07 bits per heavy atom. The van der Waals surface area contributed by atoms with Crippen LogP contribution in [-0.4, -0.2) is 17.1 Å². The van der Waals surface area contributed by atoms with E-state index in [0.717, 1.165) is 27.5 Å². The molecule has 0 unspecified atom stereocenters. The van der Waals surface area contributed by atoms with E-state index < -0.39 is 17.6 Å². The van der Waals surface area contributed by atoms with Crippen molar-refractivity contribution in [1.29, 1.82) is 0 Å². The van der Waals surface area contributed by atoms with Crippen molar-refractivity contribution in [2.75, 3.05) is 7.11 Å². The Labute approximate surface area is 166 Å². The van der Waals surface area contributed by atoms with Gasteiger partial charge in [-0.25, -0.2) is 9.37 Å². The SMILES string of the molecule is COC(=S)c1cc(-c2nc(-c3cc(F)cc(C(F)(F)F)c3)c(C)s2)c(C)s1. The minimum Gasteiger partial charge on any atom is -0.486 e. The van der Waals surface area contributed by atoms with Gasteiger partial charge in [0.15, 0.2) is 0 Å². The van der Waals surface area contributed by atoms with E-state index in [1.807, 2.05) is 13.0 Å². The van der Waals surface area contributed by atoms with E-state index >= 15 is 0 Å². The molecule has 0 saturated carbocycles. The van der Waals surface area contributed by atoms with E-state index in [1.165, 1.54) is 29.8 Å². The van der Waals surface area contributed by atoms with E-state index in [0.29, 0.717) is 26.7 Å². The molecule has 3 rings (SSSR count). The van der Waals surface area contributed by atoms with Gasteiger partial charge >= 0.3 is 6.18 Å². The summed E-state index contributed by atoms with van der Waals surface area (Å²) in [5.74, 6) is -0.951. The molecule has 0 bridgehead atoms. The molecule has 0 N–H and O–H groups in total. The Morgan fingerprint density at radius 2 is 1.78 bits per heavy atom. The average molecular weight is 432 g/mol. The standard InChI is InChI=1S/C18H13F4NOS3/c1-8-13(7-14(26-8)17(25)24-3)16-23-15(9(2)27-16)10-4-11(18(20,21)22)6-12(19)5-10/h4-7H,1-3H3. The Hall–Kier alpha value is -1.84. The second-order valence-corrected chi connectivity index (χ2v) is 8.55. The highest BCUT2D eigenvalue weighted by Crippen LogP contribution is 2.39. The number of hydrogen-bond acceptors (Lipinski definition) is 5. The molecule has 2 heterocycles. The molecule has 0 fully saturated rings. The van der Waals surface area contributed by atoms with Crippen molar-refractivity contribution < 1.29 is 22.3 Å². The fraction of sp³-hybridized carbons (Fsp3) is 0.222. The lowest BCUT2D eigenvalue weighted by molar-refractivity contribution is -0.137. The molecule has 0 aliphatic rings. The van der Waals surface area contributed by atoms with Crippen LogP contribution in [0.2, 0.25) is 0 Å². The molecule has 0 amide bonds. The lowest BCUT2D eigenvalue weighted by atomic mass is 10.1. The molecule has 2 aromatic heterocycles. The van der Waals surface area contributed by atoms with Crippen LogP contribution in [0.4, 0.5) is 17.6 Å². The van der Waals surface area contributed by atoms with Crippen LogP contribution >= 0.6 is 34.9 Å². The first-order valence-corrected chi connectivity index (χ1v) is 9.69. The number of benzene rings is 1. The van der Waals surface area contributed by atoms with E-state index in [2.05, 4.69) is 4.98 Å². The molecule has 0 spiro atoms. The van der Waals surface area contributed by atoms with Gasteiger partial charge < -0.3 is 4.74 Å². The number of ether oxygens (including phenoxy) is 1. The van der Waals surface area contributed by atoms with Crippen molar-refractivity contribution in [2.24, 2.45) is 0 Å². The zero-order chi connectivity index (χ0) is 19.9. The maximum absolute atomic E-state index is 13.7. The van der Waals surface area contributed by atoms with Crippen molar-refractivity contribution in [3.05, 3.63) is 50.3 Å². The smallest absolute Gasteiger partial charge is 0.416 e. The molecule has 2 nitrogen and oxygen atoms in total. The van der Waals surface area contributed by atoms with Gasteiger partial charge in [-0.05, 0) is 50.3 Å². The summed E-state index contributed by atoms with van der Waals surface area (Å²) in [6.07, 6.45) is -4.63. The van der Waals surface area contributed by atoms with Crippen LogP contribution in [-0.2, 0) is 10.9 Å². The number of aryl methyl sites for hydroxylation is 2. The van der Waals surface area contributed by atoms with E-state index in [9.17, 15) is 17.6 Å². The number of rotatable bonds is 3. The molecule has 3 aromatic rings. The average Bonchev–Trinajstić information content (AvgIpc) is 3.15. The van der Waals surface area contributed by atoms with Crippen molar-refractivity contribution >= 4 is 39.9 Å². The number of alkyl halides is 3. The Morgan fingerprint density at radius 3 is 2.41 bits per heavy atom. The summed E-state index contributed by atoms with van der Waals surface area (Å²) in [4.78, 5) is 6.92. The number of methoxy groups -OCH3 is 1. The second-order valence-electron chi connectivity index (χ2n) is 5.72. The van der Waals surface area contributed by atoms with Gasteiger partial charge in [0, 0.05) is 20.9 Å². The van der Waals surface area contributed by atoms with Gasteiger partial charge in [-0.1, -0.05) is 0 Å². The fourth-order valence-corrected chi connectivity index (χ4v) is 4.76. The van der Waals surface area contributed by atoms with Crippen LogP contribution in [0, 0.1) is 19.7 Å². The molecular formula is C18H13F4NOS3. The molecule has 0 radical (unpaired) electrons. The summed E-state index contributed by atoms with van der Waals surface area (Å²) >= 11 is 7.93. The first kappa shape index (κ1) is 19.9. The molecule has 1 aromatic carbocycles. The quantitative estimate of drug-likeness (QED) is 0.343. The minimum absolute atomic E-state index is 0.0999. The summed E-state index contributed by atoms with van der Waals surface area (Å²) in [6.45, 7) is 3.65. The van der Waals surface area contributed by atoms with E-state index in [-0.39, 0.29) is 5.56 Å². The van der Waals surface area contributed by atoms with Crippen molar-refractivity contribution in [2.45, 2.75) is 20.0 Å². The topological polar surface area (TPSA) is 22.1 Å². The van der Waals surface area contributed by atoms with E-state index in [4.69, 9.17) is 17.0 Å². The van der Waals surface area contributed by atoms with E-state index in [1.54, 1.807) is 6.92 Å². The van der Waals surface area contributed by atoms with Crippen LogP contribution in [0.25, 0.3) is 21.8 Å². The number of halogens is 4. The van der Waals surface area contributed by atoms with Gasteiger partial charge in [0.2, 0.25) is 5.05 Å². The summed E-state index contributed by atoms with van der Waals surface area (Å²) in [6, 6.07) is 4.31. The molecule has 0 saturated heterocycles. The molecule has 27 heavy (non-hydrogen) atoms. The number of hydrogen-bond donors (Lipinski definition) is 0. The Kier molecular flexibility index (Phi) is 5.38. The predicted octanol–water partition coefficient (Wildman–Crippen LogP) is 6.64. The number of nitrogens with zero attached hydrogens (tertiary/aromatic N) is 1. The molecule has 9 heteroatoms. The number of thiazole rings is 1. The Balaban J connectivity index is 2.07. The van der Waals surface area contributed by atoms with Gasteiger partial charge in [0.05, 0.1) is 23.2 Å². The highest BCUT2D eigenvalue weighted by Gasteiger charge is 2.32. The monoisotopic (exact) mass is 431 g/mol. The first-order chi connectivity index (χ1) is 12.6. The molecule has 142 valence electrons. The van der Waals surface area contributed by atoms with Crippen LogP contribution in [0.1, 0.15) is 20.2 Å². The third-order valence-electron chi connectivity index (χ3n) is 3.83. The summed E-state index contributed by atoms with van der Waals surface area (Å²) in [7, 11) is 1.49. The summed E-state index contributed by atoms with van der Waals surface area (Å²) < 4.78 is 57.8. The van der Waals surface area contributed by atoms with Gasteiger partial charge in [-0.3, -0.25) is 0 Å². The summed E-state index contributed by atoms with van der Waals surface area (Å²) in [5.41, 5.74) is 0.233. The largest absolute Gasteiger partial charge is 0.486 e. The van der Waals surface area contributed by atoms with Gasteiger partial charge in [0.1, 0.15) is 10.8 Å². The maximum Gasteiger partial charge on any atom is 0.416 e. The van der Waals surface area contributed by atoms with Gasteiger partial charge in [-0.2, -0.15) is 13.2 Å². The molecule has 0 atom stereocenters. The molecule has 0 aliphatic heterocycles. The Bertz CT molecular complexity index is 1020. The fourth-order valence-electron chi connectivity index (χ4n) is 2.57. The van der Waals surface area contributed by atoms with Crippen LogP contribution in [0.3, 0.4) is 0 Å².